The fraction of sp³-hybridized carbons (Fsp3) is 0.286. The first kappa shape index (κ1) is 16.8. The minimum absolute atomic E-state index is 0.113. The van der Waals surface area contributed by atoms with Crippen molar-refractivity contribution >= 4 is 22.6 Å². The van der Waals surface area contributed by atoms with Crippen LogP contribution in [-0.2, 0) is 13.1 Å². The molecule has 1 aliphatic rings. The minimum atomic E-state index is -1.00. The van der Waals surface area contributed by atoms with E-state index in [4.69, 9.17) is 0 Å². The number of aryl methyl sites for hydroxylation is 1. The summed E-state index contributed by atoms with van der Waals surface area (Å²) in [5.74, 6) is -0.465. The first-order valence-corrected chi connectivity index (χ1v) is 9.41. The lowest BCUT2D eigenvalue weighted by molar-refractivity contribution is 0.0697. The Labute approximate surface area is 160 Å². The van der Waals surface area contributed by atoms with Crippen LogP contribution in [0, 0.1) is 12.8 Å². The number of pyridine rings is 1. The maximum absolute atomic E-state index is 13.2. The molecule has 0 unspecified atom stereocenters. The van der Waals surface area contributed by atoms with Crippen molar-refractivity contribution < 1.29 is 9.90 Å². The van der Waals surface area contributed by atoms with Gasteiger partial charge < -0.3 is 9.51 Å². The molecular weight excluding hydrogens is 356 g/mol. The van der Waals surface area contributed by atoms with Gasteiger partial charge in [-0.15, -0.1) is 0 Å². The summed E-state index contributed by atoms with van der Waals surface area (Å²) in [6.45, 7) is 2.98. The van der Waals surface area contributed by atoms with E-state index < -0.39 is 5.97 Å². The van der Waals surface area contributed by atoms with E-state index in [-0.39, 0.29) is 11.3 Å². The number of aromatic carboxylic acids is 1. The van der Waals surface area contributed by atoms with E-state index >= 15 is 0 Å². The number of hydrogen-bond acceptors (Lipinski definition) is 3. The molecule has 0 bridgehead atoms. The number of carboxylic acid groups (broad SMARTS) is 1. The van der Waals surface area contributed by atoms with Crippen LogP contribution in [-0.4, -0.2) is 29.6 Å². The third-order valence-electron chi connectivity index (χ3n) is 5.45. The maximum atomic E-state index is 13.2. The molecule has 1 N–H and O–H groups in total. The molecule has 142 valence electrons. The highest BCUT2D eigenvalue weighted by Gasteiger charge is 2.25. The van der Waals surface area contributed by atoms with Crippen LogP contribution < -0.4 is 5.69 Å². The molecule has 7 heteroatoms. The van der Waals surface area contributed by atoms with Crippen LogP contribution in [0.1, 0.15) is 34.5 Å². The molecule has 5 rings (SSSR count). The molecule has 1 fully saturated rings. The Morgan fingerprint density at radius 3 is 2.75 bits per heavy atom. The van der Waals surface area contributed by atoms with Crippen LogP contribution in [0.25, 0.3) is 16.7 Å². The van der Waals surface area contributed by atoms with E-state index in [9.17, 15) is 14.7 Å². The van der Waals surface area contributed by atoms with E-state index in [0.717, 1.165) is 35.3 Å². The lowest BCUT2D eigenvalue weighted by atomic mass is 10.2. The highest BCUT2D eigenvalue weighted by Crippen LogP contribution is 2.31. The number of imidazole rings is 2. The quantitative estimate of drug-likeness (QED) is 0.581. The molecule has 3 aromatic heterocycles. The molecule has 0 radical (unpaired) electrons. The lowest BCUT2D eigenvalue weighted by Gasteiger charge is -2.01. The second kappa shape index (κ2) is 6.09. The van der Waals surface area contributed by atoms with E-state index in [2.05, 4.69) is 4.98 Å². The van der Waals surface area contributed by atoms with Crippen LogP contribution in [0.4, 0.5) is 0 Å². The molecule has 4 aromatic rings. The first-order valence-electron chi connectivity index (χ1n) is 9.41. The number of rotatable bonds is 5. The second-order valence-corrected chi connectivity index (χ2v) is 7.59. The zero-order valence-corrected chi connectivity index (χ0v) is 15.5. The van der Waals surface area contributed by atoms with Gasteiger partial charge in [0.2, 0.25) is 0 Å². The normalized spacial score (nSPS) is 14.2. The summed E-state index contributed by atoms with van der Waals surface area (Å²) in [6.07, 6.45) is 6.12. The van der Waals surface area contributed by atoms with Crippen molar-refractivity contribution in [2.45, 2.75) is 32.9 Å². The lowest BCUT2D eigenvalue weighted by Crippen LogP contribution is -2.25. The van der Waals surface area contributed by atoms with Crippen LogP contribution in [0.5, 0.6) is 0 Å². The van der Waals surface area contributed by atoms with E-state index in [0.29, 0.717) is 24.5 Å². The van der Waals surface area contributed by atoms with Crippen LogP contribution >= 0.6 is 0 Å². The van der Waals surface area contributed by atoms with Crippen molar-refractivity contribution in [3.8, 4) is 0 Å². The average molecular weight is 376 g/mol. The summed E-state index contributed by atoms with van der Waals surface area (Å²) in [6, 6.07) is 8.85. The molecule has 7 nitrogen and oxygen atoms in total. The summed E-state index contributed by atoms with van der Waals surface area (Å²) in [5.41, 5.74) is 4.17. The Morgan fingerprint density at radius 1 is 1.21 bits per heavy atom. The summed E-state index contributed by atoms with van der Waals surface area (Å²) >= 11 is 0. The van der Waals surface area contributed by atoms with Gasteiger partial charge in [-0.2, -0.15) is 0 Å². The highest BCUT2D eigenvalue weighted by molar-refractivity contribution is 5.92. The Morgan fingerprint density at radius 2 is 2.04 bits per heavy atom. The van der Waals surface area contributed by atoms with Crippen molar-refractivity contribution in [3.05, 3.63) is 70.0 Å². The Kier molecular flexibility index (Phi) is 3.65. The molecule has 3 heterocycles. The topological polar surface area (TPSA) is 81.5 Å². The number of hydrogen-bond donors (Lipinski definition) is 1. The molecule has 0 spiro atoms. The minimum Gasteiger partial charge on any atom is -0.478 e. The van der Waals surface area contributed by atoms with Gasteiger partial charge in [0.1, 0.15) is 5.65 Å². The third kappa shape index (κ3) is 2.70. The van der Waals surface area contributed by atoms with E-state index in [1.54, 1.807) is 27.3 Å². The Balaban J connectivity index is 1.66. The van der Waals surface area contributed by atoms with Gasteiger partial charge in [-0.25, -0.2) is 14.6 Å². The Hall–Kier alpha value is -3.35. The van der Waals surface area contributed by atoms with Gasteiger partial charge in [0, 0.05) is 18.9 Å². The summed E-state index contributed by atoms with van der Waals surface area (Å²) in [7, 11) is 0. The molecule has 0 saturated heterocycles. The largest absolute Gasteiger partial charge is 0.478 e. The number of aromatic nitrogens is 4. The van der Waals surface area contributed by atoms with Gasteiger partial charge in [-0.1, -0.05) is 6.07 Å². The van der Waals surface area contributed by atoms with Crippen molar-refractivity contribution in [1.29, 1.82) is 0 Å². The van der Waals surface area contributed by atoms with Gasteiger partial charge in [-0.05, 0) is 55.5 Å². The number of nitrogens with zero attached hydrogens (tertiary/aromatic N) is 4. The molecule has 0 atom stereocenters. The molecule has 28 heavy (non-hydrogen) atoms. The fourth-order valence-electron chi connectivity index (χ4n) is 3.78. The maximum Gasteiger partial charge on any atom is 0.335 e. The highest BCUT2D eigenvalue weighted by atomic mass is 16.4. The predicted molar refractivity (Wildman–Crippen MR) is 105 cm³/mol. The number of carbonyl (C=O) groups is 1. The SMILES string of the molecule is Cc1cccn2cc(Cn3c(=O)n(CC4CC4)c4ccc(C(=O)O)cc43)nc12. The average Bonchev–Trinajstić information content (AvgIpc) is 3.34. The van der Waals surface area contributed by atoms with Gasteiger partial charge in [-0.3, -0.25) is 9.13 Å². The van der Waals surface area contributed by atoms with E-state index in [1.165, 1.54) is 0 Å². The molecular formula is C21H20N4O3. The fourth-order valence-corrected chi connectivity index (χ4v) is 3.78. The van der Waals surface area contributed by atoms with E-state index in [1.807, 2.05) is 35.9 Å². The smallest absolute Gasteiger partial charge is 0.335 e. The summed E-state index contributed by atoms with van der Waals surface area (Å²) in [5, 5.41) is 9.37. The standard InChI is InChI=1S/C21H20N4O3/c1-13-3-2-8-23-11-16(22-19(13)23)12-25-18-9-15(20(26)27)6-7-17(18)24(21(25)28)10-14-4-5-14/h2-3,6-9,11,14H,4-5,10,12H2,1H3,(H,26,27). The van der Waals surface area contributed by atoms with Gasteiger partial charge in [0.05, 0.1) is 28.8 Å². The Bertz CT molecular complexity index is 1290. The summed E-state index contributed by atoms with van der Waals surface area (Å²) in [4.78, 5) is 29.3. The number of carboxylic acids is 1. The predicted octanol–water partition coefficient (Wildman–Crippen LogP) is 2.92. The molecule has 0 aliphatic heterocycles. The molecule has 1 aromatic carbocycles. The number of fused-ring (bicyclic) bond motifs is 2. The van der Waals surface area contributed by atoms with Gasteiger partial charge in [0.25, 0.3) is 0 Å². The molecule has 0 amide bonds. The van der Waals surface area contributed by atoms with Crippen molar-refractivity contribution in [1.82, 2.24) is 18.5 Å². The van der Waals surface area contributed by atoms with Crippen molar-refractivity contribution in [2.75, 3.05) is 0 Å². The van der Waals surface area contributed by atoms with Crippen LogP contribution in [0.15, 0.2) is 47.5 Å². The van der Waals surface area contributed by atoms with Crippen molar-refractivity contribution in [2.24, 2.45) is 5.92 Å². The first-order chi connectivity index (χ1) is 13.5. The zero-order chi connectivity index (χ0) is 19.4. The molecule has 1 aliphatic carbocycles. The molecule has 1 saturated carbocycles. The van der Waals surface area contributed by atoms with Gasteiger partial charge >= 0.3 is 11.7 Å². The van der Waals surface area contributed by atoms with Crippen LogP contribution in [0.2, 0.25) is 0 Å². The summed E-state index contributed by atoms with van der Waals surface area (Å²) < 4.78 is 5.36. The number of benzene rings is 1. The second-order valence-electron chi connectivity index (χ2n) is 7.59. The third-order valence-corrected chi connectivity index (χ3v) is 5.45. The zero-order valence-electron chi connectivity index (χ0n) is 15.5. The van der Waals surface area contributed by atoms with Crippen LogP contribution in [0.3, 0.4) is 0 Å². The van der Waals surface area contributed by atoms with Gasteiger partial charge in [0.15, 0.2) is 0 Å². The van der Waals surface area contributed by atoms with Crippen molar-refractivity contribution in [3.63, 3.8) is 0 Å². The monoisotopic (exact) mass is 376 g/mol.